The predicted molar refractivity (Wildman–Crippen MR) is 81.1 cm³/mol. The van der Waals surface area contributed by atoms with Crippen LogP contribution in [0.2, 0.25) is 0 Å². The second kappa shape index (κ2) is 7.47. The van der Waals surface area contributed by atoms with E-state index in [1.54, 1.807) is 19.4 Å². The minimum absolute atomic E-state index is 0.0936. The van der Waals surface area contributed by atoms with Gasteiger partial charge in [0.05, 0.1) is 6.33 Å². The van der Waals surface area contributed by atoms with Crippen molar-refractivity contribution in [3.05, 3.63) is 48.5 Å². The second-order valence-electron chi connectivity index (χ2n) is 4.97. The van der Waals surface area contributed by atoms with Gasteiger partial charge in [0.2, 0.25) is 0 Å². The third-order valence-corrected chi connectivity index (χ3v) is 3.22. The number of ether oxygens (including phenoxy) is 1. The third-order valence-electron chi connectivity index (χ3n) is 3.22. The summed E-state index contributed by atoms with van der Waals surface area (Å²) in [5.41, 5.74) is 1.03. The minimum Gasteiger partial charge on any atom is -0.481 e. The molecule has 1 atom stereocenters. The SMILES string of the molecule is Cc1ccccc1O[C@H](C)C(=O)NCCCn1ccnc1. The molecule has 0 aliphatic heterocycles. The van der Waals surface area contributed by atoms with Crippen LogP contribution in [0.3, 0.4) is 0 Å². The summed E-state index contributed by atoms with van der Waals surface area (Å²) in [5.74, 6) is 0.655. The summed E-state index contributed by atoms with van der Waals surface area (Å²) >= 11 is 0. The Kier molecular flexibility index (Phi) is 5.37. The first-order valence-electron chi connectivity index (χ1n) is 7.12. The number of nitrogens with one attached hydrogen (secondary N) is 1. The summed E-state index contributed by atoms with van der Waals surface area (Å²) in [7, 11) is 0. The Morgan fingerprint density at radius 2 is 2.24 bits per heavy atom. The minimum atomic E-state index is -0.501. The molecule has 0 spiro atoms. The van der Waals surface area contributed by atoms with E-state index in [9.17, 15) is 4.79 Å². The number of rotatable bonds is 7. The lowest BCUT2D eigenvalue weighted by molar-refractivity contribution is -0.127. The molecule has 21 heavy (non-hydrogen) atoms. The molecular formula is C16H21N3O2. The summed E-state index contributed by atoms with van der Waals surface area (Å²) in [6.45, 7) is 5.19. The lowest BCUT2D eigenvalue weighted by atomic mass is 10.2. The van der Waals surface area contributed by atoms with Gasteiger partial charge >= 0.3 is 0 Å². The maximum Gasteiger partial charge on any atom is 0.260 e. The van der Waals surface area contributed by atoms with E-state index < -0.39 is 6.10 Å². The zero-order valence-corrected chi connectivity index (χ0v) is 12.5. The molecule has 2 aromatic rings. The molecule has 1 N–H and O–H groups in total. The molecule has 0 saturated heterocycles. The van der Waals surface area contributed by atoms with Crippen molar-refractivity contribution in [1.29, 1.82) is 0 Å². The summed E-state index contributed by atoms with van der Waals surface area (Å²) in [5, 5.41) is 2.89. The van der Waals surface area contributed by atoms with Crippen molar-refractivity contribution in [1.82, 2.24) is 14.9 Å². The van der Waals surface area contributed by atoms with E-state index in [0.29, 0.717) is 6.54 Å². The molecule has 1 heterocycles. The van der Waals surface area contributed by atoms with Gasteiger partial charge in [-0.25, -0.2) is 4.98 Å². The van der Waals surface area contributed by atoms with Crippen LogP contribution in [0.1, 0.15) is 18.9 Å². The standard InChI is InChI=1S/C16H21N3O2/c1-13-6-3-4-7-15(13)21-14(2)16(20)18-8-5-10-19-11-9-17-12-19/h3-4,6-7,9,11-12,14H,5,8,10H2,1-2H3,(H,18,20)/t14-/m1/s1. The highest BCUT2D eigenvalue weighted by Gasteiger charge is 2.14. The summed E-state index contributed by atoms with van der Waals surface area (Å²) < 4.78 is 7.67. The van der Waals surface area contributed by atoms with Crippen LogP contribution in [0.25, 0.3) is 0 Å². The van der Waals surface area contributed by atoms with Gasteiger partial charge in [-0.15, -0.1) is 0 Å². The number of imidazole rings is 1. The molecule has 1 amide bonds. The fraction of sp³-hybridized carbons (Fsp3) is 0.375. The zero-order chi connectivity index (χ0) is 15.1. The van der Waals surface area contributed by atoms with Crippen molar-refractivity contribution in [2.45, 2.75) is 32.9 Å². The van der Waals surface area contributed by atoms with Gasteiger partial charge in [0, 0.05) is 25.5 Å². The fourth-order valence-electron chi connectivity index (χ4n) is 1.97. The molecule has 5 nitrogen and oxygen atoms in total. The highest BCUT2D eigenvalue weighted by molar-refractivity contribution is 5.80. The van der Waals surface area contributed by atoms with Crippen LogP contribution in [0.15, 0.2) is 43.0 Å². The number of hydrogen-bond donors (Lipinski definition) is 1. The topological polar surface area (TPSA) is 56.1 Å². The number of nitrogens with zero attached hydrogens (tertiary/aromatic N) is 2. The van der Waals surface area contributed by atoms with Crippen LogP contribution >= 0.6 is 0 Å². The summed E-state index contributed by atoms with van der Waals surface area (Å²) in [4.78, 5) is 15.9. The molecule has 0 fully saturated rings. The molecule has 1 aromatic heterocycles. The van der Waals surface area contributed by atoms with Crippen LogP contribution in [0.4, 0.5) is 0 Å². The Bertz CT molecular complexity index is 567. The molecule has 0 saturated carbocycles. The number of hydrogen-bond acceptors (Lipinski definition) is 3. The summed E-state index contributed by atoms with van der Waals surface area (Å²) in [6.07, 6.45) is 5.78. The van der Waals surface area contributed by atoms with Crippen LogP contribution in [-0.4, -0.2) is 28.1 Å². The van der Waals surface area contributed by atoms with Gasteiger partial charge in [0.15, 0.2) is 6.10 Å². The van der Waals surface area contributed by atoms with Gasteiger partial charge in [0.1, 0.15) is 5.75 Å². The van der Waals surface area contributed by atoms with Crippen molar-refractivity contribution >= 4 is 5.91 Å². The van der Waals surface area contributed by atoms with Gasteiger partial charge in [-0.1, -0.05) is 18.2 Å². The first kappa shape index (κ1) is 15.1. The molecule has 2 rings (SSSR count). The van der Waals surface area contributed by atoms with Gasteiger partial charge in [-0.3, -0.25) is 4.79 Å². The van der Waals surface area contributed by atoms with E-state index in [2.05, 4.69) is 10.3 Å². The lowest BCUT2D eigenvalue weighted by Gasteiger charge is -2.16. The van der Waals surface area contributed by atoms with Crippen molar-refractivity contribution < 1.29 is 9.53 Å². The Morgan fingerprint density at radius 3 is 2.95 bits per heavy atom. The molecule has 0 aliphatic rings. The number of carbonyl (C=O) groups is 1. The average molecular weight is 287 g/mol. The van der Waals surface area contributed by atoms with Crippen LogP contribution in [0.5, 0.6) is 5.75 Å². The monoisotopic (exact) mass is 287 g/mol. The largest absolute Gasteiger partial charge is 0.481 e. The highest BCUT2D eigenvalue weighted by atomic mass is 16.5. The van der Waals surface area contributed by atoms with Crippen LogP contribution in [0, 0.1) is 6.92 Å². The smallest absolute Gasteiger partial charge is 0.260 e. The number of carbonyl (C=O) groups excluding carboxylic acids is 1. The normalized spacial score (nSPS) is 11.9. The molecule has 0 aliphatic carbocycles. The lowest BCUT2D eigenvalue weighted by Crippen LogP contribution is -2.37. The molecule has 0 bridgehead atoms. The van der Waals surface area contributed by atoms with E-state index in [1.165, 1.54) is 0 Å². The maximum absolute atomic E-state index is 12.0. The van der Waals surface area contributed by atoms with Gasteiger partial charge in [-0.05, 0) is 31.9 Å². The molecule has 5 heteroatoms. The average Bonchev–Trinajstić information content (AvgIpc) is 2.99. The van der Waals surface area contributed by atoms with E-state index in [-0.39, 0.29) is 5.91 Å². The van der Waals surface area contributed by atoms with Crippen molar-refractivity contribution in [3.63, 3.8) is 0 Å². The van der Waals surface area contributed by atoms with Crippen molar-refractivity contribution in [3.8, 4) is 5.75 Å². The van der Waals surface area contributed by atoms with Crippen LogP contribution < -0.4 is 10.1 Å². The van der Waals surface area contributed by atoms with E-state index in [4.69, 9.17) is 4.74 Å². The second-order valence-corrected chi connectivity index (χ2v) is 4.97. The zero-order valence-electron chi connectivity index (χ0n) is 12.5. The first-order chi connectivity index (χ1) is 10.2. The predicted octanol–water partition coefficient (Wildman–Crippen LogP) is 2.17. The third kappa shape index (κ3) is 4.63. The first-order valence-corrected chi connectivity index (χ1v) is 7.12. The van der Waals surface area contributed by atoms with Crippen LogP contribution in [-0.2, 0) is 11.3 Å². The molecule has 0 radical (unpaired) electrons. The van der Waals surface area contributed by atoms with Gasteiger partial charge < -0.3 is 14.6 Å². The molecule has 1 aromatic carbocycles. The van der Waals surface area contributed by atoms with Crippen molar-refractivity contribution in [2.75, 3.05) is 6.54 Å². The Morgan fingerprint density at radius 1 is 1.43 bits per heavy atom. The number of aryl methyl sites for hydroxylation is 2. The van der Waals surface area contributed by atoms with E-state index >= 15 is 0 Å². The molecule has 112 valence electrons. The molecule has 0 unspecified atom stereocenters. The quantitative estimate of drug-likeness (QED) is 0.794. The number of aromatic nitrogens is 2. The highest BCUT2D eigenvalue weighted by Crippen LogP contribution is 2.17. The number of para-hydroxylation sites is 1. The Balaban J connectivity index is 1.71. The molecular weight excluding hydrogens is 266 g/mol. The maximum atomic E-state index is 12.0. The Labute approximate surface area is 125 Å². The van der Waals surface area contributed by atoms with Gasteiger partial charge in [0.25, 0.3) is 5.91 Å². The van der Waals surface area contributed by atoms with Gasteiger partial charge in [-0.2, -0.15) is 0 Å². The fourth-order valence-corrected chi connectivity index (χ4v) is 1.97. The van der Waals surface area contributed by atoms with E-state index in [1.807, 2.05) is 42.0 Å². The number of amides is 1. The number of benzene rings is 1. The summed E-state index contributed by atoms with van der Waals surface area (Å²) in [6, 6.07) is 7.68. The van der Waals surface area contributed by atoms with Crippen molar-refractivity contribution in [2.24, 2.45) is 0 Å². The Hall–Kier alpha value is -2.30. The van der Waals surface area contributed by atoms with E-state index in [0.717, 1.165) is 24.3 Å².